The smallest absolute Gasteiger partial charge is 0.231 e. The topological polar surface area (TPSA) is 64.5 Å². The van der Waals surface area contributed by atoms with Gasteiger partial charge in [-0.05, 0) is 49.4 Å². The first-order valence-electron chi connectivity index (χ1n) is 7.94. The Bertz CT molecular complexity index is 920. The van der Waals surface area contributed by atoms with Crippen molar-refractivity contribution in [1.82, 2.24) is 9.97 Å². The van der Waals surface area contributed by atoms with Gasteiger partial charge in [0, 0.05) is 4.88 Å². The van der Waals surface area contributed by atoms with Crippen molar-refractivity contribution in [2.24, 2.45) is 0 Å². The Hall–Kier alpha value is -2.18. The molecule has 0 bridgehead atoms. The Labute approximate surface area is 143 Å². The summed E-state index contributed by atoms with van der Waals surface area (Å²) < 4.78 is 11.5. The number of ether oxygens (including phenoxy) is 2. The average molecular weight is 342 g/mol. The maximum Gasteiger partial charge on any atom is 0.231 e. The molecule has 124 valence electrons. The number of nitrogens with zero attached hydrogens (tertiary/aromatic N) is 2. The van der Waals surface area contributed by atoms with Crippen molar-refractivity contribution < 1.29 is 14.6 Å². The maximum atomic E-state index is 9.28. The van der Waals surface area contributed by atoms with Crippen molar-refractivity contribution in [3.8, 4) is 17.4 Å². The van der Waals surface area contributed by atoms with Crippen LogP contribution in [0.2, 0.25) is 0 Å². The lowest BCUT2D eigenvalue weighted by Crippen LogP contribution is -1.97. The zero-order valence-electron chi connectivity index (χ0n) is 13.6. The van der Waals surface area contributed by atoms with Crippen LogP contribution in [-0.2, 0) is 19.4 Å². The fourth-order valence-corrected chi connectivity index (χ4v) is 4.43. The van der Waals surface area contributed by atoms with Crippen molar-refractivity contribution in [3.63, 3.8) is 0 Å². The van der Waals surface area contributed by atoms with E-state index in [1.54, 1.807) is 30.6 Å². The van der Waals surface area contributed by atoms with E-state index in [9.17, 15) is 5.11 Å². The normalized spacial score (nSPS) is 13.3. The molecular formula is C18H18N2O3S. The van der Waals surface area contributed by atoms with Crippen molar-refractivity contribution in [2.45, 2.75) is 32.8 Å². The number of benzene rings is 1. The van der Waals surface area contributed by atoms with Crippen LogP contribution in [0.25, 0.3) is 10.2 Å². The van der Waals surface area contributed by atoms with Crippen LogP contribution in [0.1, 0.15) is 28.2 Å². The number of aliphatic hydroxyl groups excluding tert-OH is 1. The van der Waals surface area contributed by atoms with Crippen molar-refractivity contribution in [1.29, 1.82) is 0 Å². The van der Waals surface area contributed by atoms with Crippen molar-refractivity contribution in [3.05, 3.63) is 40.0 Å². The van der Waals surface area contributed by atoms with Crippen LogP contribution in [-0.4, -0.2) is 22.2 Å². The van der Waals surface area contributed by atoms with E-state index < -0.39 is 0 Å². The summed E-state index contributed by atoms with van der Waals surface area (Å²) in [5, 5.41) is 10.3. The molecule has 24 heavy (non-hydrogen) atoms. The van der Waals surface area contributed by atoms with E-state index in [4.69, 9.17) is 9.47 Å². The second kappa shape index (κ2) is 6.03. The molecule has 1 aliphatic carbocycles. The van der Waals surface area contributed by atoms with E-state index in [1.165, 1.54) is 16.9 Å². The minimum absolute atomic E-state index is 0.0362. The SMILES string of the molecule is COc1cc(CO)ccc1Oc1nc(C)nc2sc3c(c12)CCC3. The number of hydrogen-bond acceptors (Lipinski definition) is 6. The first-order valence-corrected chi connectivity index (χ1v) is 8.75. The summed E-state index contributed by atoms with van der Waals surface area (Å²) in [6, 6.07) is 5.40. The zero-order chi connectivity index (χ0) is 16.7. The molecular weight excluding hydrogens is 324 g/mol. The van der Waals surface area contributed by atoms with E-state index in [-0.39, 0.29) is 6.61 Å². The third-order valence-electron chi connectivity index (χ3n) is 4.26. The molecule has 0 spiro atoms. The standard InChI is InChI=1S/C18H18N2O3S/c1-10-19-17(16-12-4-3-5-15(12)24-18(16)20-10)23-13-7-6-11(9-21)8-14(13)22-2/h6-8,21H,3-5,9H2,1-2H3. The lowest BCUT2D eigenvalue weighted by atomic mass is 10.2. The molecule has 1 N–H and O–H groups in total. The molecule has 2 heterocycles. The van der Waals surface area contributed by atoms with Crippen molar-refractivity contribution >= 4 is 21.6 Å². The Morgan fingerprint density at radius 1 is 1.21 bits per heavy atom. The Morgan fingerprint density at radius 3 is 2.88 bits per heavy atom. The van der Waals surface area contributed by atoms with Crippen LogP contribution in [0.15, 0.2) is 18.2 Å². The predicted octanol–water partition coefficient (Wildman–Crippen LogP) is 3.78. The van der Waals surface area contributed by atoms with Crippen LogP contribution >= 0.6 is 11.3 Å². The minimum Gasteiger partial charge on any atom is -0.493 e. The average Bonchev–Trinajstić information content (AvgIpc) is 3.15. The Morgan fingerprint density at radius 2 is 2.08 bits per heavy atom. The van der Waals surface area contributed by atoms with Gasteiger partial charge in [-0.1, -0.05) is 6.07 Å². The second-order valence-corrected chi connectivity index (χ2v) is 6.94. The fraction of sp³-hybridized carbons (Fsp3) is 0.333. The molecule has 1 aromatic carbocycles. The molecule has 0 amide bonds. The van der Waals surface area contributed by atoms with Gasteiger partial charge in [-0.25, -0.2) is 4.98 Å². The summed E-state index contributed by atoms with van der Waals surface area (Å²) in [6.45, 7) is 1.84. The molecule has 0 aliphatic heterocycles. The first-order chi connectivity index (χ1) is 11.7. The van der Waals surface area contributed by atoms with E-state index >= 15 is 0 Å². The highest BCUT2D eigenvalue weighted by Crippen LogP contribution is 2.42. The summed E-state index contributed by atoms with van der Waals surface area (Å²) in [5.41, 5.74) is 2.11. The van der Waals surface area contributed by atoms with Gasteiger partial charge in [0.25, 0.3) is 0 Å². The van der Waals surface area contributed by atoms with Gasteiger partial charge in [0.15, 0.2) is 11.5 Å². The van der Waals surface area contributed by atoms with Crippen molar-refractivity contribution in [2.75, 3.05) is 7.11 Å². The van der Waals surface area contributed by atoms with E-state index in [0.717, 1.165) is 28.6 Å². The minimum atomic E-state index is -0.0362. The molecule has 6 heteroatoms. The zero-order valence-corrected chi connectivity index (χ0v) is 14.4. The number of aromatic nitrogens is 2. The summed E-state index contributed by atoms with van der Waals surface area (Å²) in [5.74, 6) is 2.46. The summed E-state index contributed by atoms with van der Waals surface area (Å²) in [6.07, 6.45) is 3.35. The lowest BCUT2D eigenvalue weighted by Gasteiger charge is -2.12. The molecule has 1 aliphatic rings. The fourth-order valence-electron chi connectivity index (χ4n) is 3.14. The molecule has 0 atom stereocenters. The molecule has 0 radical (unpaired) electrons. The molecule has 3 aromatic rings. The highest BCUT2D eigenvalue weighted by molar-refractivity contribution is 7.19. The lowest BCUT2D eigenvalue weighted by molar-refractivity contribution is 0.280. The number of methoxy groups -OCH3 is 1. The van der Waals surface area contributed by atoms with Gasteiger partial charge in [0.05, 0.1) is 19.1 Å². The third kappa shape index (κ3) is 2.52. The van der Waals surface area contributed by atoms with Gasteiger partial charge in [-0.3, -0.25) is 0 Å². The second-order valence-electron chi connectivity index (χ2n) is 5.86. The molecule has 2 aromatic heterocycles. The summed E-state index contributed by atoms with van der Waals surface area (Å²) >= 11 is 1.75. The van der Waals surface area contributed by atoms with Gasteiger partial charge in [0.1, 0.15) is 10.7 Å². The number of rotatable bonds is 4. The number of fused-ring (bicyclic) bond motifs is 3. The van der Waals surface area contributed by atoms with E-state index in [2.05, 4.69) is 9.97 Å². The molecule has 4 rings (SSSR count). The highest BCUT2D eigenvalue weighted by atomic mass is 32.1. The van der Waals surface area contributed by atoms with Crippen LogP contribution < -0.4 is 9.47 Å². The first kappa shape index (κ1) is 15.4. The van der Waals surface area contributed by atoms with Gasteiger partial charge in [-0.15, -0.1) is 11.3 Å². The molecule has 0 saturated heterocycles. The maximum absolute atomic E-state index is 9.28. The molecule has 0 unspecified atom stereocenters. The summed E-state index contributed by atoms with van der Waals surface area (Å²) in [4.78, 5) is 11.5. The van der Waals surface area contributed by atoms with Crippen LogP contribution in [0, 0.1) is 6.92 Å². The van der Waals surface area contributed by atoms with Gasteiger partial charge in [0.2, 0.25) is 5.88 Å². The third-order valence-corrected chi connectivity index (χ3v) is 5.45. The number of aryl methyl sites for hydroxylation is 3. The largest absolute Gasteiger partial charge is 0.493 e. The highest BCUT2D eigenvalue weighted by Gasteiger charge is 2.23. The van der Waals surface area contributed by atoms with Crippen LogP contribution in [0.4, 0.5) is 0 Å². The predicted molar refractivity (Wildman–Crippen MR) is 93.2 cm³/mol. The van der Waals surface area contributed by atoms with Gasteiger partial charge < -0.3 is 14.6 Å². The van der Waals surface area contributed by atoms with E-state index in [0.29, 0.717) is 23.2 Å². The summed E-state index contributed by atoms with van der Waals surface area (Å²) in [7, 11) is 1.59. The van der Waals surface area contributed by atoms with Crippen LogP contribution in [0.3, 0.4) is 0 Å². The Kier molecular flexibility index (Phi) is 3.86. The quantitative estimate of drug-likeness (QED) is 0.782. The molecule has 5 nitrogen and oxygen atoms in total. The van der Waals surface area contributed by atoms with Crippen LogP contribution in [0.5, 0.6) is 17.4 Å². The Balaban J connectivity index is 1.83. The monoisotopic (exact) mass is 342 g/mol. The molecule has 0 saturated carbocycles. The number of thiophene rings is 1. The number of hydrogen-bond donors (Lipinski definition) is 1. The number of aliphatic hydroxyl groups is 1. The van der Waals surface area contributed by atoms with Gasteiger partial charge in [-0.2, -0.15) is 4.98 Å². The van der Waals surface area contributed by atoms with Gasteiger partial charge >= 0.3 is 0 Å². The van der Waals surface area contributed by atoms with E-state index in [1.807, 2.05) is 13.0 Å². The molecule has 0 fully saturated rings.